The quantitative estimate of drug-likeness (QED) is 0.554. The summed E-state index contributed by atoms with van der Waals surface area (Å²) >= 11 is 5.81. The first kappa shape index (κ1) is 19.6. The molecule has 0 spiro atoms. The molecule has 1 heterocycles. The van der Waals surface area contributed by atoms with E-state index in [0.29, 0.717) is 0 Å². The highest BCUT2D eigenvalue weighted by atomic mass is 35.5. The summed E-state index contributed by atoms with van der Waals surface area (Å²) in [5.74, 6) is 0.0624. The average molecular weight is 417 g/mol. The van der Waals surface area contributed by atoms with Gasteiger partial charge in [0, 0.05) is 6.04 Å². The Kier molecular flexibility index (Phi) is 5.41. The molecular weight excluding hydrogens is 395 g/mol. The normalized spacial score (nSPS) is 25.7. The minimum absolute atomic E-state index is 0.0250. The second-order valence-electron chi connectivity index (χ2n) is 7.48. The van der Waals surface area contributed by atoms with Crippen LogP contribution in [0.3, 0.4) is 0 Å². The van der Waals surface area contributed by atoms with Gasteiger partial charge >= 0.3 is 0 Å². The van der Waals surface area contributed by atoms with Gasteiger partial charge in [0.15, 0.2) is 11.6 Å². The van der Waals surface area contributed by atoms with Crippen molar-refractivity contribution in [2.45, 2.75) is 25.4 Å². The summed E-state index contributed by atoms with van der Waals surface area (Å²) in [5.41, 5.74) is 0.982. The number of carbonyl (C=O) groups is 1. The van der Waals surface area contributed by atoms with Crippen molar-refractivity contribution >= 4 is 23.3 Å². The number of benzene rings is 1. The van der Waals surface area contributed by atoms with Crippen LogP contribution in [0, 0.1) is 23.6 Å². The number of fused-ring (bicyclic) bond motifs is 2. The predicted molar refractivity (Wildman–Crippen MR) is 108 cm³/mol. The first-order valence-electron chi connectivity index (χ1n) is 9.53. The van der Waals surface area contributed by atoms with Gasteiger partial charge in [-0.15, -0.1) is 0 Å². The molecular formula is C21H22ClFN4O2. The third kappa shape index (κ3) is 3.92. The van der Waals surface area contributed by atoms with E-state index < -0.39 is 5.82 Å². The molecule has 2 N–H and O–H groups in total. The molecule has 2 aliphatic carbocycles. The van der Waals surface area contributed by atoms with Crippen LogP contribution in [0.5, 0.6) is 5.75 Å². The molecule has 0 saturated heterocycles. The Labute approximate surface area is 173 Å². The van der Waals surface area contributed by atoms with Crippen molar-refractivity contribution in [2.24, 2.45) is 17.8 Å². The summed E-state index contributed by atoms with van der Waals surface area (Å²) in [6.07, 6.45) is 6.04. The molecule has 1 aromatic carbocycles. The highest BCUT2D eigenvalue weighted by Crippen LogP contribution is 2.45. The van der Waals surface area contributed by atoms with Crippen molar-refractivity contribution < 1.29 is 13.9 Å². The lowest BCUT2D eigenvalue weighted by molar-refractivity contribution is -0.126. The van der Waals surface area contributed by atoms with E-state index in [1.807, 2.05) is 31.2 Å². The van der Waals surface area contributed by atoms with E-state index in [1.165, 1.54) is 0 Å². The number of anilines is 1. The Morgan fingerprint density at radius 1 is 1.28 bits per heavy atom. The number of rotatable bonds is 6. The fraction of sp³-hybridized carbons (Fsp3) is 0.381. The van der Waals surface area contributed by atoms with Crippen molar-refractivity contribution in [1.82, 2.24) is 15.3 Å². The van der Waals surface area contributed by atoms with Crippen molar-refractivity contribution in [1.29, 1.82) is 0 Å². The van der Waals surface area contributed by atoms with Crippen molar-refractivity contribution in [3.63, 3.8) is 0 Å². The maximum absolute atomic E-state index is 14.1. The molecule has 2 aliphatic rings. The summed E-state index contributed by atoms with van der Waals surface area (Å²) < 4.78 is 19.3. The van der Waals surface area contributed by atoms with Gasteiger partial charge in [-0.3, -0.25) is 4.79 Å². The van der Waals surface area contributed by atoms with Crippen LogP contribution in [0.25, 0.3) is 0 Å². The topological polar surface area (TPSA) is 76.1 Å². The van der Waals surface area contributed by atoms with Crippen LogP contribution in [-0.2, 0) is 4.79 Å². The first-order chi connectivity index (χ1) is 14.0. The highest BCUT2D eigenvalue weighted by Gasteiger charge is 2.48. The SMILES string of the molecule is COc1ccc([C@@H](C)NC(=O)[C@H]2[C@@H](Nc3nc(Cl)ncc3F)[C@H]3C=C[C@@H]2C3)cc1. The molecule has 0 radical (unpaired) electrons. The number of nitrogens with one attached hydrogen (secondary N) is 2. The largest absolute Gasteiger partial charge is 0.497 e. The maximum Gasteiger partial charge on any atom is 0.226 e. The minimum Gasteiger partial charge on any atom is -0.497 e. The van der Waals surface area contributed by atoms with Crippen molar-refractivity contribution in [3.8, 4) is 5.75 Å². The third-order valence-corrected chi connectivity index (χ3v) is 5.94. The Morgan fingerprint density at radius 3 is 2.72 bits per heavy atom. The molecule has 29 heavy (non-hydrogen) atoms. The standard InChI is InChI=1S/C21H22ClFN4O2/c1-11(12-5-7-15(29-2)8-6-12)25-20(28)17-13-3-4-14(9-13)18(17)26-19-16(23)10-24-21(22)27-19/h3-8,10-11,13-14,17-18H,9H2,1-2H3,(H,25,28)(H,24,26,27)/t11-,13-,14+,17-,18+/m1/s1. The predicted octanol–water partition coefficient (Wildman–Crippen LogP) is 3.76. The second kappa shape index (κ2) is 7.99. The van der Waals surface area contributed by atoms with E-state index in [1.54, 1.807) is 7.11 Å². The molecule has 0 unspecified atom stereocenters. The molecule has 0 aliphatic heterocycles. The number of aromatic nitrogens is 2. The van der Waals surface area contributed by atoms with Crippen LogP contribution in [0.15, 0.2) is 42.6 Å². The highest BCUT2D eigenvalue weighted by molar-refractivity contribution is 6.28. The van der Waals surface area contributed by atoms with Crippen LogP contribution in [0.1, 0.15) is 24.9 Å². The molecule has 1 aromatic heterocycles. The van der Waals surface area contributed by atoms with Gasteiger partial charge in [-0.2, -0.15) is 4.98 Å². The number of allylic oxidation sites excluding steroid dienone is 1. The average Bonchev–Trinajstić information content (AvgIpc) is 3.32. The number of ether oxygens (including phenoxy) is 1. The van der Waals surface area contributed by atoms with Gasteiger partial charge in [0.25, 0.3) is 0 Å². The van der Waals surface area contributed by atoms with E-state index in [2.05, 4.69) is 32.8 Å². The summed E-state index contributed by atoms with van der Waals surface area (Å²) in [7, 11) is 1.61. The minimum atomic E-state index is -0.591. The van der Waals surface area contributed by atoms with Gasteiger partial charge in [0.2, 0.25) is 11.2 Å². The fourth-order valence-corrected chi connectivity index (χ4v) is 4.40. The summed E-state index contributed by atoms with van der Waals surface area (Å²) in [4.78, 5) is 20.7. The number of methoxy groups -OCH3 is 1. The lowest BCUT2D eigenvalue weighted by Gasteiger charge is -2.29. The monoisotopic (exact) mass is 416 g/mol. The zero-order valence-electron chi connectivity index (χ0n) is 16.1. The summed E-state index contributed by atoms with van der Waals surface area (Å²) in [6.45, 7) is 1.94. The molecule has 6 nitrogen and oxygen atoms in total. The second-order valence-corrected chi connectivity index (χ2v) is 7.82. The van der Waals surface area contributed by atoms with Gasteiger partial charge in [-0.1, -0.05) is 24.3 Å². The molecule has 8 heteroatoms. The lowest BCUT2D eigenvalue weighted by atomic mass is 9.87. The number of amides is 1. The smallest absolute Gasteiger partial charge is 0.226 e. The van der Waals surface area contributed by atoms with Gasteiger partial charge in [-0.25, -0.2) is 9.37 Å². The summed E-state index contributed by atoms with van der Waals surface area (Å²) in [5, 5.41) is 6.16. The number of carbonyl (C=O) groups excluding carboxylic acids is 1. The van der Waals surface area contributed by atoms with Gasteiger partial charge in [0.1, 0.15) is 5.75 Å². The van der Waals surface area contributed by atoms with Gasteiger partial charge < -0.3 is 15.4 Å². The van der Waals surface area contributed by atoms with Gasteiger partial charge in [-0.05, 0) is 54.5 Å². The first-order valence-corrected chi connectivity index (χ1v) is 9.91. The molecule has 1 amide bonds. The van der Waals surface area contributed by atoms with E-state index in [9.17, 15) is 9.18 Å². The third-order valence-electron chi connectivity index (χ3n) is 5.75. The molecule has 152 valence electrons. The van der Waals surface area contributed by atoms with Crippen LogP contribution < -0.4 is 15.4 Å². The Hall–Kier alpha value is -2.67. The number of hydrogen-bond donors (Lipinski definition) is 2. The molecule has 4 rings (SSSR count). The van der Waals surface area contributed by atoms with Crippen molar-refractivity contribution in [2.75, 3.05) is 12.4 Å². The Morgan fingerprint density at radius 2 is 2.00 bits per heavy atom. The van der Waals surface area contributed by atoms with E-state index in [4.69, 9.17) is 16.3 Å². The van der Waals surface area contributed by atoms with Crippen LogP contribution in [0.2, 0.25) is 5.28 Å². The molecule has 5 atom stereocenters. The molecule has 2 bridgehead atoms. The number of hydrogen-bond acceptors (Lipinski definition) is 5. The maximum atomic E-state index is 14.1. The zero-order valence-corrected chi connectivity index (χ0v) is 16.9. The molecule has 1 saturated carbocycles. The van der Waals surface area contributed by atoms with E-state index in [-0.39, 0.29) is 46.8 Å². The Balaban J connectivity index is 1.50. The number of nitrogens with zero attached hydrogens (tertiary/aromatic N) is 2. The van der Waals surface area contributed by atoms with E-state index >= 15 is 0 Å². The number of halogens is 2. The zero-order chi connectivity index (χ0) is 20.5. The van der Waals surface area contributed by atoms with E-state index in [0.717, 1.165) is 23.9 Å². The molecule has 2 aromatic rings. The van der Waals surface area contributed by atoms with Gasteiger partial charge in [0.05, 0.1) is 25.3 Å². The lowest BCUT2D eigenvalue weighted by Crippen LogP contribution is -2.44. The van der Waals surface area contributed by atoms with Crippen LogP contribution in [0.4, 0.5) is 10.2 Å². The van der Waals surface area contributed by atoms with Crippen LogP contribution in [-0.4, -0.2) is 29.0 Å². The summed E-state index contributed by atoms with van der Waals surface area (Å²) in [6, 6.07) is 7.17. The Bertz CT molecular complexity index is 937. The fourth-order valence-electron chi connectivity index (χ4n) is 4.27. The molecule has 1 fully saturated rings. The van der Waals surface area contributed by atoms with Crippen molar-refractivity contribution in [3.05, 3.63) is 59.3 Å². The van der Waals surface area contributed by atoms with Crippen LogP contribution >= 0.6 is 11.6 Å².